The normalized spacial score (nSPS) is 10.5. The van der Waals surface area contributed by atoms with Crippen LogP contribution in [0.1, 0.15) is 32.6 Å². The van der Waals surface area contributed by atoms with Crippen molar-refractivity contribution in [2.24, 2.45) is 0 Å². The molecule has 36 heavy (non-hydrogen) atoms. The van der Waals surface area contributed by atoms with Crippen LogP contribution in [0.4, 0.5) is 0 Å². The molecule has 0 aliphatic carbocycles. The van der Waals surface area contributed by atoms with Gasteiger partial charge < -0.3 is 28.4 Å². The van der Waals surface area contributed by atoms with Crippen molar-refractivity contribution >= 4 is 5.97 Å². The van der Waals surface area contributed by atoms with Crippen molar-refractivity contribution < 1.29 is 33.2 Å². The summed E-state index contributed by atoms with van der Waals surface area (Å²) in [6.07, 6.45) is 3.12. The van der Waals surface area contributed by atoms with Crippen LogP contribution in [0.25, 0.3) is 0 Å². The maximum atomic E-state index is 11.9. The van der Waals surface area contributed by atoms with Gasteiger partial charge in [0.05, 0.1) is 42.7 Å². The average molecular weight is 495 g/mol. The summed E-state index contributed by atoms with van der Waals surface area (Å²) in [6.45, 7) is 0. The van der Waals surface area contributed by atoms with Crippen molar-refractivity contribution in [1.82, 2.24) is 0 Å². The van der Waals surface area contributed by atoms with E-state index in [0.29, 0.717) is 28.6 Å². The molecule has 0 bridgehead atoms. The standard InChI is InChI=1S/C29H34O7/c1-31-24-16-19(12-15-23(24)29(30)36-6)10-13-21-8-7-9-22(27(21)34-4)14-11-20-17-25(32-2)28(35-5)26(18-20)33-3/h7-9,12,15-18H,10-11,13-14H2,1-6H3. The van der Waals surface area contributed by atoms with Gasteiger partial charge in [-0.05, 0) is 72.2 Å². The highest BCUT2D eigenvalue weighted by atomic mass is 16.5. The van der Waals surface area contributed by atoms with E-state index in [-0.39, 0.29) is 0 Å². The van der Waals surface area contributed by atoms with Crippen molar-refractivity contribution in [3.8, 4) is 28.7 Å². The summed E-state index contributed by atoms with van der Waals surface area (Å²) in [5, 5.41) is 0. The molecule has 0 unspecified atom stereocenters. The van der Waals surface area contributed by atoms with Gasteiger partial charge in [-0.25, -0.2) is 4.79 Å². The molecule has 0 saturated heterocycles. The number of carbonyl (C=O) groups excluding carboxylic acids is 1. The van der Waals surface area contributed by atoms with Crippen LogP contribution in [0.3, 0.4) is 0 Å². The van der Waals surface area contributed by atoms with E-state index in [1.165, 1.54) is 7.11 Å². The van der Waals surface area contributed by atoms with Gasteiger partial charge in [-0.15, -0.1) is 0 Å². The first-order valence-corrected chi connectivity index (χ1v) is 11.7. The maximum Gasteiger partial charge on any atom is 0.341 e. The predicted molar refractivity (Wildman–Crippen MR) is 138 cm³/mol. The van der Waals surface area contributed by atoms with E-state index in [1.807, 2.05) is 24.3 Å². The minimum atomic E-state index is -0.417. The third kappa shape index (κ3) is 6.03. The number of rotatable bonds is 12. The zero-order valence-corrected chi connectivity index (χ0v) is 21.8. The summed E-state index contributed by atoms with van der Waals surface area (Å²) in [7, 11) is 9.44. The molecule has 0 N–H and O–H groups in total. The lowest BCUT2D eigenvalue weighted by atomic mass is 9.97. The molecular weight excluding hydrogens is 460 g/mol. The molecule has 0 heterocycles. The van der Waals surface area contributed by atoms with Gasteiger partial charge in [0.1, 0.15) is 17.1 Å². The molecule has 0 amide bonds. The number of esters is 1. The minimum Gasteiger partial charge on any atom is -0.496 e. The Bertz CT molecular complexity index is 1160. The Balaban J connectivity index is 1.77. The van der Waals surface area contributed by atoms with Crippen LogP contribution in [-0.4, -0.2) is 48.6 Å². The number of carbonyl (C=O) groups is 1. The van der Waals surface area contributed by atoms with Crippen LogP contribution in [0, 0.1) is 0 Å². The molecule has 0 spiro atoms. The second-order valence-electron chi connectivity index (χ2n) is 8.17. The van der Waals surface area contributed by atoms with Gasteiger partial charge in [-0.2, -0.15) is 0 Å². The van der Waals surface area contributed by atoms with Crippen LogP contribution in [-0.2, 0) is 30.4 Å². The maximum absolute atomic E-state index is 11.9. The lowest BCUT2D eigenvalue weighted by molar-refractivity contribution is 0.0597. The molecule has 3 aromatic carbocycles. The number of benzene rings is 3. The van der Waals surface area contributed by atoms with E-state index < -0.39 is 5.97 Å². The molecule has 192 valence electrons. The Morgan fingerprint density at radius 3 is 1.61 bits per heavy atom. The first-order valence-electron chi connectivity index (χ1n) is 11.7. The lowest BCUT2D eigenvalue weighted by Gasteiger charge is -2.16. The molecule has 7 nitrogen and oxygen atoms in total. The van der Waals surface area contributed by atoms with Crippen molar-refractivity contribution in [2.45, 2.75) is 25.7 Å². The van der Waals surface area contributed by atoms with E-state index in [4.69, 9.17) is 28.4 Å². The van der Waals surface area contributed by atoms with Crippen molar-refractivity contribution in [3.63, 3.8) is 0 Å². The summed E-state index contributed by atoms with van der Waals surface area (Å²) >= 11 is 0. The van der Waals surface area contributed by atoms with E-state index in [1.54, 1.807) is 41.6 Å². The molecule has 0 fully saturated rings. The largest absolute Gasteiger partial charge is 0.496 e. The molecule has 0 saturated carbocycles. The van der Waals surface area contributed by atoms with Crippen molar-refractivity contribution in [3.05, 3.63) is 76.3 Å². The lowest BCUT2D eigenvalue weighted by Crippen LogP contribution is -2.05. The van der Waals surface area contributed by atoms with E-state index in [9.17, 15) is 4.79 Å². The molecule has 3 rings (SSSR count). The summed E-state index contributed by atoms with van der Waals surface area (Å²) in [4.78, 5) is 11.9. The Kier molecular flexibility index (Phi) is 9.45. The Morgan fingerprint density at radius 1 is 0.583 bits per heavy atom. The van der Waals surface area contributed by atoms with Gasteiger partial charge in [0, 0.05) is 0 Å². The average Bonchev–Trinajstić information content (AvgIpc) is 2.93. The second kappa shape index (κ2) is 12.7. The molecular formula is C29H34O7. The summed E-state index contributed by atoms with van der Waals surface area (Å²) in [6, 6.07) is 15.7. The smallest absolute Gasteiger partial charge is 0.341 e. The number of methoxy groups -OCH3 is 6. The minimum absolute atomic E-state index is 0.412. The Labute approximate surface area is 212 Å². The Morgan fingerprint density at radius 2 is 1.11 bits per heavy atom. The van der Waals surface area contributed by atoms with Crippen LogP contribution in [0.2, 0.25) is 0 Å². The monoisotopic (exact) mass is 494 g/mol. The quantitative estimate of drug-likeness (QED) is 0.325. The highest BCUT2D eigenvalue weighted by molar-refractivity contribution is 5.92. The fourth-order valence-corrected chi connectivity index (χ4v) is 4.30. The van der Waals surface area contributed by atoms with Crippen LogP contribution in [0.15, 0.2) is 48.5 Å². The third-order valence-corrected chi connectivity index (χ3v) is 6.14. The molecule has 3 aromatic rings. The summed E-state index contributed by atoms with van der Waals surface area (Å²) in [5.41, 5.74) is 4.80. The van der Waals surface area contributed by atoms with Gasteiger partial charge in [-0.1, -0.05) is 24.3 Å². The first-order chi connectivity index (χ1) is 17.5. The van der Waals surface area contributed by atoms with Gasteiger partial charge in [0.25, 0.3) is 0 Å². The number of para-hydroxylation sites is 1. The number of hydrogen-bond donors (Lipinski definition) is 0. The van der Waals surface area contributed by atoms with Crippen LogP contribution >= 0.6 is 0 Å². The van der Waals surface area contributed by atoms with E-state index in [2.05, 4.69) is 18.2 Å². The number of aryl methyl sites for hydroxylation is 4. The SMILES string of the molecule is COC(=O)c1ccc(CCc2cccc(CCc3cc(OC)c(OC)c(OC)c3)c2OC)cc1OC. The molecule has 7 heteroatoms. The van der Waals surface area contributed by atoms with Gasteiger partial charge >= 0.3 is 5.97 Å². The molecule has 0 aliphatic heterocycles. The Hall–Kier alpha value is -3.87. The molecule has 0 atom stereocenters. The van der Waals surface area contributed by atoms with Gasteiger partial charge in [0.2, 0.25) is 5.75 Å². The van der Waals surface area contributed by atoms with Crippen molar-refractivity contribution in [1.29, 1.82) is 0 Å². The fraction of sp³-hybridized carbons (Fsp3) is 0.345. The predicted octanol–water partition coefficient (Wildman–Crippen LogP) is 5.09. The third-order valence-electron chi connectivity index (χ3n) is 6.14. The highest BCUT2D eigenvalue weighted by Crippen LogP contribution is 2.38. The van der Waals surface area contributed by atoms with Gasteiger partial charge in [-0.3, -0.25) is 0 Å². The number of ether oxygens (including phenoxy) is 6. The zero-order chi connectivity index (χ0) is 26.1. The first kappa shape index (κ1) is 26.7. The zero-order valence-electron chi connectivity index (χ0n) is 21.8. The second-order valence-corrected chi connectivity index (χ2v) is 8.17. The van der Waals surface area contributed by atoms with E-state index >= 15 is 0 Å². The molecule has 0 radical (unpaired) electrons. The van der Waals surface area contributed by atoms with Gasteiger partial charge in [0.15, 0.2) is 11.5 Å². The fourth-order valence-electron chi connectivity index (χ4n) is 4.30. The number of hydrogen-bond acceptors (Lipinski definition) is 7. The molecule has 0 aliphatic rings. The summed E-state index contributed by atoms with van der Waals surface area (Å²) in [5.74, 6) is 2.84. The van der Waals surface area contributed by atoms with Crippen LogP contribution in [0.5, 0.6) is 28.7 Å². The van der Waals surface area contributed by atoms with E-state index in [0.717, 1.165) is 53.7 Å². The van der Waals surface area contributed by atoms with Crippen molar-refractivity contribution in [2.75, 3.05) is 42.7 Å². The summed E-state index contributed by atoms with van der Waals surface area (Å²) < 4.78 is 32.5. The topological polar surface area (TPSA) is 72.5 Å². The van der Waals surface area contributed by atoms with Crippen LogP contribution < -0.4 is 23.7 Å². The highest BCUT2D eigenvalue weighted by Gasteiger charge is 2.16. The molecule has 0 aromatic heterocycles.